The van der Waals surface area contributed by atoms with Gasteiger partial charge in [-0.15, -0.1) is 0 Å². The van der Waals surface area contributed by atoms with Gasteiger partial charge < -0.3 is 14.8 Å². The summed E-state index contributed by atoms with van der Waals surface area (Å²) in [5.74, 6) is 0. The van der Waals surface area contributed by atoms with Gasteiger partial charge in [0.2, 0.25) is 0 Å². The molecule has 0 atom stereocenters. The van der Waals surface area contributed by atoms with Gasteiger partial charge in [0.1, 0.15) is 0 Å². The quantitative estimate of drug-likeness (QED) is 0.494. The van der Waals surface area contributed by atoms with Gasteiger partial charge in [-0.3, -0.25) is 0 Å². The average Bonchev–Trinajstić information content (AvgIpc) is 2.31. The van der Waals surface area contributed by atoms with Gasteiger partial charge in [0, 0.05) is 26.3 Å². The number of nitrogens with one attached hydrogen (secondary N) is 1. The van der Waals surface area contributed by atoms with Crippen molar-refractivity contribution in [3.8, 4) is 0 Å². The van der Waals surface area contributed by atoms with Gasteiger partial charge in [0.15, 0.2) is 0 Å². The predicted molar refractivity (Wildman–Crippen MR) is 68.9 cm³/mol. The molecule has 0 heterocycles. The van der Waals surface area contributed by atoms with E-state index in [1.807, 2.05) is 0 Å². The lowest BCUT2D eigenvalue weighted by Crippen LogP contribution is -2.24. The highest BCUT2D eigenvalue weighted by molar-refractivity contribution is 4.45. The Kier molecular flexibility index (Phi) is 14.8. The molecule has 0 saturated heterocycles. The van der Waals surface area contributed by atoms with E-state index in [0.717, 1.165) is 39.5 Å². The van der Waals surface area contributed by atoms with E-state index < -0.39 is 0 Å². The van der Waals surface area contributed by atoms with E-state index in [2.05, 4.69) is 19.2 Å². The van der Waals surface area contributed by atoms with Crippen LogP contribution in [0.4, 0.5) is 0 Å². The summed E-state index contributed by atoms with van der Waals surface area (Å²) in [6.07, 6.45) is 6.10. The van der Waals surface area contributed by atoms with Crippen molar-refractivity contribution in [2.75, 3.05) is 39.5 Å². The lowest BCUT2D eigenvalue weighted by molar-refractivity contribution is 0.118. The molecule has 0 amide bonds. The molecule has 0 fully saturated rings. The van der Waals surface area contributed by atoms with Crippen LogP contribution in [-0.4, -0.2) is 39.5 Å². The third kappa shape index (κ3) is 13.9. The van der Waals surface area contributed by atoms with Crippen LogP contribution in [0.2, 0.25) is 0 Å². The lowest BCUT2D eigenvalue weighted by Gasteiger charge is -2.06. The number of ether oxygens (including phenoxy) is 2. The van der Waals surface area contributed by atoms with E-state index >= 15 is 0 Å². The predicted octanol–water partition coefficient (Wildman–Crippen LogP) is 2.60. The first-order chi connectivity index (χ1) is 7.91. The summed E-state index contributed by atoms with van der Waals surface area (Å²) < 4.78 is 10.9. The van der Waals surface area contributed by atoms with Gasteiger partial charge in [-0.05, 0) is 12.8 Å². The van der Waals surface area contributed by atoms with E-state index in [-0.39, 0.29) is 0 Å². The molecule has 0 radical (unpaired) electrons. The third-order valence-electron chi connectivity index (χ3n) is 2.38. The minimum Gasteiger partial charge on any atom is -0.380 e. The Morgan fingerprint density at radius 2 is 1.25 bits per heavy atom. The summed E-state index contributed by atoms with van der Waals surface area (Å²) in [7, 11) is 0. The summed E-state index contributed by atoms with van der Waals surface area (Å²) in [6.45, 7) is 9.69. The van der Waals surface area contributed by atoms with Crippen molar-refractivity contribution >= 4 is 0 Å². The molecule has 3 heteroatoms. The molecule has 0 unspecified atom stereocenters. The molecule has 0 aliphatic heterocycles. The molecule has 0 aromatic heterocycles. The van der Waals surface area contributed by atoms with Gasteiger partial charge in [0.05, 0.1) is 13.2 Å². The molecule has 0 rings (SSSR count). The van der Waals surface area contributed by atoms with Crippen molar-refractivity contribution in [2.45, 2.75) is 46.0 Å². The van der Waals surface area contributed by atoms with Crippen molar-refractivity contribution in [1.29, 1.82) is 0 Å². The molecule has 98 valence electrons. The molecular weight excluding hydrogens is 202 g/mol. The van der Waals surface area contributed by atoms with E-state index in [1.165, 1.54) is 32.1 Å². The van der Waals surface area contributed by atoms with Crippen LogP contribution in [-0.2, 0) is 9.47 Å². The number of rotatable bonds is 13. The molecule has 0 aliphatic rings. The second kappa shape index (κ2) is 14.9. The van der Waals surface area contributed by atoms with E-state index in [4.69, 9.17) is 9.47 Å². The van der Waals surface area contributed by atoms with Gasteiger partial charge in [-0.2, -0.15) is 0 Å². The maximum absolute atomic E-state index is 5.48. The standard InChI is InChI=1S/C13H29NO2/c1-3-5-7-11-16-13-9-14-8-12-15-10-6-4-2/h14H,3-13H2,1-2H3. The Balaban J connectivity index is 2.83. The number of unbranched alkanes of at least 4 members (excludes halogenated alkanes) is 3. The zero-order valence-electron chi connectivity index (χ0n) is 11.1. The molecule has 0 aromatic rings. The molecule has 1 N–H and O–H groups in total. The summed E-state index contributed by atoms with van der Waals surface area (Å²) in [6, 6.07) is 0. The fourth-order valence-electron chi connectivity index (χ4n) is 1.32. The van der Waals surface area contributed by atoms with Crippen LogP contribution in [0.25, 0.3) is 0 Å². The largest absolute Gasteiger partial charge is 0.380 e. The van der Waals surface area contributed by atoms with Crippen LogP contribution in [0.3, 0.4) is 0 Å². The number of hydrogen-bond acceptors (Lipinski definition) is 3. The molecular formula is C13H29NO2. The van der Waals surface area contributed by atoms with Crippen LogP contribution < -0.4 is 5.32 Å². The van der Waals surface area contributed by atoms with Crippen molar-refractivity contribution in [3.63, 3.8) is 0 Å². The Morgan fingerprint density at radius 3 is 1.81 bits per heavy atom. The van der Waals surface area contributed by atoms with Crippen molar-refractivity contribution in [1.82, 2.24) is 5.32 Å². The zero-order valence-corrected chi connectivity index (χ0v) is 11.1. The Morgan fingerprint density at radius 1 is 0.688 bits per heavy atom. The highest BCUT2D eigenvalue weighted by Gasteiger charge is 1.90. The highest BCUT2D eigenvalue weighted by Crippen LogP contribution is 1.93. The Labute approximate surface area is 101 Å². The van der Waals surface area contributed by atoms with Crippen LogP contribution in [0, 0.1) is 0 Å². The van der Waals surface area contributed by atoms with Gasteiger partial charge >= 0.3 is 0 Å². The maximum atomic E-state index is 5.48. The van der Waals surface area contributed by atoms with Gasteiger partial charge in [0.25, 0.3) is 0 Å². The second-order valence-corrected chi connectivity index (χ2v) is 4.04. The summed E-state index contributed by atoms with van der Waals surface area (Å²) in [5.41, 5.74) is 0. The second-order valence-electron chi connectivity index (χ2n) is 4.04. The molecule has 0 spiro atoms. The molecule has 16 heavy (non-hydrogen) atoms. The fraction of sp³-hybridized carbons (Fsp3) is 1.00. The molecule has 0 aromatic carbocycles. The van der Waals surface area contributed by atoms with Crippen LogP contribution >= 0.6 is 0 Å². The Bertz CT molecular complexity index is 107. The van der Waals surface area contributed by atoms with Crippen molar-refractivity contribution < 1.29 is 9.47 Å². The van der Waals surface area contributed by atoms with Gasteiger partial charge in [-0.25, -0.2) is 0 Å². The summed E-state index contributed by atoms with van der Waals surface area (Å²) >= 11 is 0. The molecule has 0 saturated carbocycles. The lowest BCUT2D eigenvalue weighted by atomic mass is 10.3. The normalized spacial score (nSPS) is 10.9. The first-order valence-electron chi connectivity index (χ1n) is 6.78. The van der Waals surface area contributed by atoms with E-state index in [0.29, 0.717) is 0 Å². The Hall–Kier alpha value is -0.120. The molecule has 3 nitrogen and oxygen atoms in total. The first kappa shape index (κ1) is 15.9. The zero-order chi connectivity index (χ0) is 11.9. The van der Waals surface area contributed by atoms with Crippen LogP contribution in [0.5, 0.6) is 0 Å². The van der Waals surface area contributed by atoms with E-state index in [9.17, 15) is 0 Å². The monoisotopic (exact) mass is 231 g/mol. The smallest absolute Gasteiger partial charge is 0.0590 e. The summed E-state index contributed by atoms with van der Waals surface area (Å²) in [5, 5.41) is 3.30. The van der Waals surface area contributed by atoms with Crippen molar-refractivity contribution in [2.24, 2.45) is 0 Å². The van der Waals surface area contributed by atoms with Crippen LogP contribution in [0.15, 0.2) is 0 Å². The van der Waals surface area contributed by atoms with Gasteiger partial charge in [-0.1, -0.05) is 33.1 Å². The van der Waals surface area contributed by atoms with E-state index in [1.54, 1.807) is 0 Å². The molecule has 0 aliphatic carbocycles. The minimum atomic E-state index is 0.815. The maximum Gasteiger partial charge on any atom is 0.0590 e. The first-order valence-corrected chi connectivity index (χ1v) is 6.78. The average molecular weight is 231 g/mol. The van der Waals surface area contributed by atoms with Crippen molar-refractivity contribution in [3.05, 3.63) is 0 Å². The highest BCUT2D eigenvalue weighted by atomic mass is 16.5. The SMILES string of the molecule is CCCCCOCCNCCOCCCC. The topological polar surface area (TPSA) is 30.5 Å². The van der Waals surface area contributed by atoms with Crippen LogP contribution in [0.1, 0.15) is 46.0 Å². The summed E-state index contributed by atoms with van der Waals surface area (Å²) in [4.78, 5) is 0. The molecule has 0 bridgehead atoms. The number of hydrogen-bond donors (Lipinski definition) is 1. The minimum absolute atomic E-state index is 0.815. The fourth-order valence-corrected chi connectivity index (χ4v) is 1.32. The third-order valence-corrected chi connectivity index (χ3v) is 2.38.